The van der Waals surface area contributed by atoms with E-state index in [9.17, 15) is 4.39 Å². The second-order valence-electron chi connectivity index (χ2n) is 3.77. The summed E-state index contributed by atoms with van der Waals surface area (Å²) in [5, 5.41) is 0.525. The zero-order valence-corrected chi connectivity index (χ0v) is 10.5. The molecule has 0 amide bonds. The van der Waals surface area contributed by atoms with Gasteiger partial charge in [0.25, 0.3) is 0 Å². The second kappa shape index (κ2) is 5.33. The van der Waals surface area contributed by atoms with Gasteiger partial charge in [-0.1, -0.05) is 11.6 Å². The average Bonchev–Trinajstić information content (AvgIpc) is 2.39. The molecule has 0 bridgehead atoms. The third-order valence-corrected chi connectivity index (χ3v) is 2.82. The number of methoxy groups -OCH3 is 1. The number of nitrogens with zero attached hydrogens (tertiary/aromatic N) is 1. The minimum Gasteiger partial charge on any atom is -0.496 e. The van der Waals surface area contributed by atoms with Gasteiger partial charge in [0.2, 0.25) is 0 Å². The summed E-state index contributed by atoms with van der Waals surface area (Å²) in [7, 11) is 1.51. The first-order valence-electron chi connectivity index (χ1n) is 5.32. The van der Waals surface area contributed by atoms with E-state index in [2.05, 4.69) is 4.98 Å². The van der Waals surface area contributed by atoms with Crippen LogP contribution in [0.4, 0.5) is 4.39 Å². The number of aromatic nitrogens is 1. The van der Waals surface area contributed by atoms with E-state index in [0.29, 0.717) is 22.0 Å². The molecule has 1 atom stereocenters. The Morgan fingerprint density at radius 1 is 1.33 bits per heavy atom. The Labute approximate surface area is 109 Å². The van der Waals surface area contributed by atoms with Gasteiger partial charge in [-0.3, -0.25) is 4.98 Å². The fraction of sp³-hybridized carbons (Fsp3) is 0.154. The first-order chi connectivity index (χ1) is 8.61. The van der Waals surface area contributed by atoms with E-state index in [0.717, 1.165) is 0 Å². The van der Waals surface area contributed by atoms with Crippen LogP contribution in [0.2, 0.25) is 5.02 Å². The summed E-state index contributed by atoms with van der Waals surface area (Å²) in [5.41, 5.74) is 7.21. The molecule has 94 valence electrons. The molecule has 0 radical (unpaired) electrons. The number of rotatable bonds is 3. The van der Waals surface area contributed by atoms with E-state index >= 15 is 0 Å². The van der Waals surface area contributed by atoms with E-state index in [1.54, 1.807) is 18.2 Å². The summed E-state index contributed by atoms with van der Waals surface area (Å²) in [6.45, 7) is 0. The van der Waals surface area contributed by atoms with Crippen molar-refractivity contribution in [2.45, 2.75) is 6.04 Å². The molecule has 0 fully saturated rings. The lowest BCUT2D eigenvalue weighted by Gasteiger charge is -2.15. The van der Waals surface area contributed by atoms with E-state index < -0.39 is 6.04 Å². The fourth-order valence-electron chi connectivity index (χ4n) is 1.68. The molecule has 0 aliphatic rings. The van der Waals surface area contributed by atoms with Gasteiger partial charge in [-0.2, -0.15) is 0 Å². The molecule has 0 aliphatic carbocycles. The summed E-state index contributed by atoms with van der Waals surface area (Å²) in [6, 6.07) is 7.05. The van der Waals surface area contributed by atoms with Crippen LogP contribution in [0.3, 0.4) is 0 Å². The Morgan fingerprint density at radius 2 is 2.11 bits per heavy atom. The van der Waals surface area contributed by atoms with Gasteiger partial charge in [-0.15, -0.1) is 0 Å². The van der Waals surface area contributed by atoms with Crippen LogP contribution in [0.1, 0.15) is 17.3 Å². The van der Waals surface area contributed by atoms with Crippen LogP contribution < -0.4 is 10.5 Å². The number of hydrogen-bond acceptors (Lipinski definition) is 3. The van der Waals surface area contributed by atoms with Gasteiger partial charge in [-0.25, -0.2) is 4.39 Å². The minimum atomic E-state index is -0.562. The summed E-state index contributed by atoms with van der Waals surface area (Å²) < 4.78 is 18.4. The van der Waals surface area contributed by atoms with Crippen LogP contribution in [0, 0.1) is 5.82 Å². The third kappa shape index (κ3) is 2.60. The zero-order chi connectivity index (χ0) is 13.1. The van der Waals surface area contributed by atoms with E-state index in [4.69, 9.17) is 22.1 Å². The molecule has 2 N–H and O–H groups in total. The van der Waals surface area contributed by atoms with Crippen LogP contribution in [0.5, 0.6) is 5.75 Å². The quantitative estimate of drug-likeness (QED) is 0.929. The molecule has 1 heterocycles. The third-order valence-electron chi connectivity index (χ3n) is 2.60. The van der Waals surface area contributed by atoms with Crippen LogP contribution in [0.25, 0.3) is 0 Å². The van der Waals surface area contributed by atoms with Crippen molar-refractivity contribution in [3.8, 4) is 5.75 Å². The molecule has 18 heavy (non-hydrogen) atoms. The van der Waals surface area contributed by atoms with Gasteiger partial charge in [0, 0.05) is 11.8 Å². The molecule has 1 aromatic heterocycles. The fourth-order valence-corrected chi connectivity index (χ4v) is 1.79. The molecular formula is C13H12ClFN2O. The highest BCUT2D eigenvalue weighted by atomic mass is 35.5. The van der Waals surface area contributed by atoms with Gasteiger partial charge in [0.05, 0.1) is 23.9 Å². The Balaban J connectivity index is 2.41. The maximum atomic E-state index is 13.3. The maximum Gasteiger partial charge on any atom is 0.124 e. The summed E-state index contributed by atoms with van der Waals surface area (Å²) >= 11 is 5.76. The van der Waals surface area contributed by atoms with Gasteiger partial charge < -0.3 is 10.5 Å². The van der Waals surface area contributed by atoms with Crippen molar-refractivity contribution in [2.24, 2.45) is 5.73 Å². The first kappa shape index (κ1) is 12.8. The maximum absolute atomic E-state index is 13.3. The highest BCUT2D eigenvalue weighted by molar-refractivity contribution is 6.30. The molecule has 1 aromatic carbocycles. The number of nitrogens with two attached hydrogens (primary N) is 1. The number of hydrogen-bond donors (Lipinski definition) is 1. The SMILES string of the molecule is COc1ccc(F)cc1C(N)c1ccc(Cl)cn1. The molecule has 5 heteroatoms. The number of pyridine rings is 1. The van der Waals surface area contributed by atoms with Crippen molar-refractivity contribution in [1.29, 1.82) is 0 Å². The summed E-state index contributed by atoms with van der Waals surface area (Å²) in [5.74, 6) is 0.163. The lowest BCUT2D eigenvalue weighted by molar-refractivity contribution is 0.406. The zero-order valence-electron chi connectivity index (χ0n) is 9.73. The highest BCUT2D eigenvalue weighted by Crippen LogP contribution is 2.28. The second-order valence-corrected chi connectivity index (χ2v) is 4.20. The lowest BCUT2D eigenvalue weighted by atomic mass is 10.0. The van der Waals surface area contributed by atoms with E-state index in [-0.39, 0.29) is 5.82 Å². The molecular weight excluding hydrogens is 255 g/mol. The Kier molecular flexibility index (Phi) is 3.79. The Morgan fingerprint density at radius 3 is 2.72 bits per heavy atom. The van der Waals surface area contributed by atoms with Crippen molar-refractivity contribution in [3.05, 3.63) is 58.6 Å². The van der Waals surface area contributed by atoms with Gasteiger partial charge in [0.1, 0.15) is 11.6 Å². The first-order valence-corrected chi connectivity index (χ1v) is 5.70. The van der Waals surface area contributed by atoms with Crippen molar-refractivity contribution in [3.63, 3.8) is 0 Å². The predicted octanol–water partition coefficient (Wildman–Crippen LogP) is 2.93. The van der Waals surface area contributed by atoms with Crippen LogP contribution >= 0.6 is 11.6 Å². The Hall–Kier alpha value is -1.65. The van der Waals surface area contributed by atoms with Crippen molar-refractivity contribution in [2.75, 3.05) is 7.11 Å². The van der Waals surface area contributed by atoms with Crippen molar-refractivity contribution in [1.82, 2.24) is 4.98 Å². The van der Waals surface area contributed by atoms with Gasteiger partial charge in [-0.05, 0) is 30.3 Å². The summed E-state index contributed by atoms with van der Waals surface area (Å²) in [4.78, 5) is 4.12. The van der Waals surface area contributed by atoms with E-state index in [1.165, 1.54) is 25.4 Å². The van der Waals surface area contributed by atoms with Crippen LogP contribution in [-0.2, 0) is 0 Å². The molecule has 2 aromatic rings. The summed E-state index contributed by atoms with van der Waals surface area (Å²) in [6.07, 6.45) is 1.50. The van der Waals surface area contributed by atoms with Gasteiger partial charge >= 0.3 is 0 Å². The molecule has 0 aliphatic heterocycles. The van der Waals surface area contributed by atoms with Crippen LogP contribution in [0.15, 0.2) is 36.5 Å². The monoisotopic (exact) mass is 266 g/mol. The molecule has 0 saturated heterocycles. The smallest absolute Gasteiger partial charge is 0.124 e. The molecule has 0 spiro atoms. The molecule has 1 unspecified atom stereocenters. The van der Waals surface area contributed by atoms with Crippen molar-refractivity contribution >= 4 is 11.6 Å². The number of ether oxygens (including phenoxy) is 1. The Bertz CT molecular complexity index is 545. The molecule has 2 rings (SSSR count). The average molecular weight is 267 g/mol. The standard InChI is InChI=1S/C13H12ClFN2O/c1-18-12-5-3-9(15)6-10(12)13(16)11-4-2-8(14)7-17-11/h2-7,13H,16H2,1H3. The van der Waals surface area contributed by atoms with Gasteiger partial charge in [0.15, 0.2) is 0 Å². The topological polar surface area (TPSA) is 48.1 Å². The number of benzene rings is 1. The van der Waals surface area contributed by atoms with E-state index in [1.807, 2.05) is 0 Å². The number of halogens is 2. The highest BCUT2D eigenvalue weighted by Gasteiger charge is 2.16. The molecule has 3 nitrogen and oxygen atoms in total. The molecule has 0 saturated carbocycles. The van der Waals surface area contributed by atoms with Crippen LogP contribution in [-0.4, -0.2) is 12.1 Å². The van der Waals surface area contributed by atoms with Crippen molar-refractivity contribution < 1.29 is 9.13 Å². The normalized spacial score (nSPS) is 12.2. The lowest BCUT2D eigenvalue weighted by Crippen LogP contribution is -2.14. The largest absolute Gasteiger partial charge is 0.496 e. The predicted molar refractivity (Wildman–Crippen MR) is 68.2 cm³/mol. The minimum absolute atomic E-state index is 0.366.